The second kappa shape index (κ2) is 9.16. The van der Waals surface area contributed by atoms with Crippen LogP contribution in [0.4, 0.5) is 0 Å². The van der Waals surface area contributed by atoms with Crippen molar-refractivity contribution in [3.63, 3.8) is 0 Å². The largest absolute Gasteiger partial charge is 0.394 e. The molecule has 4 N–H and O–H groups in total. The van der Waals surface area contributed by atoms with Gasteiger partial charge in [-0.15, -0.1) is 0 Å². The van der Waals surface area contributed by atoms with E-state index < -0.39 is 7.60 Å². The molecule has 0 atom stereocenters. The third-order valence-corrected chi connectivity index (χ3v) is 1.80. The molecule has 0 unspecified atom stereocenters. The summed E-state index contributed by atoms with van der Waals surface area (Å²) in [5.41, 5.74) is 0. The summed E-state index contributed by atoms with van der Waals surface area (Å²) in [6.45, 7) is 1.65. The molecule has 0 amide bonds. The molecule has 0 aromatic heterocycles. The van der Waals surface area contributed by atoms with Gasteiger partial charge < -0.3 is 20.0 Å². The Morgan fingerprint density at radius 1 is 1.17 bits per heavy atom. The second-order valence-corrected chi connectivity index (χ2v) is 3.97. The van der Waals surface area contributed by atoms with Gasteiger partial charge in [-0.05, 0) is 6.42 Å². The van der Waals surface area contributed by atoms with Crippen molar-refractivity contribution in [2.75, 3.05) is 19.4 Å². The van der Waals surface area contributed by atoms with Crippen LogP contribution in [-0.4, -0.2) is 39.4 Å². The maximum absolute atomic E-state index is 10.1. The highest BCUT2D eigenvalue weighted by Gasteiger charge is 2.09. The van der Waals surface area contributed by atoms with Gasteiger partial charge in [-0.3, -0.25) is 4.57 Å². The van der Waals surface area contributed by atoms with Crippen LogP contribution >= 0.6 is 7.60 Å². The third-order valence-electron chi connectivity index (χ3n) is 0.903. The van der Waals surface area contributed by atoms with Crippen LogP contribution in [0, 0.1) is 0 Å². The van der Waals surface area contributed by atoms with Crippen LogP contribution in [0.3, 0.4) is 0 Å². The molecule has 0 fully saturated rings. The zero-order valence-corrected chi connectivity index (χ0v) is 8.07. The zero-order valence-electron chi connectivity index (χ0n) is 7.18. The van der Waals surface area contributed by atoms with E-state index in [2.05, 4.69) is 0 Å². The molecule has 12 heavy (non-hydrogen) atoms. The SMILES string of the molecule is CCCCP(=O)(O)O.OCCO. The van der Waals surface area contributed by atoms with Crippen molar-refractivity contribution in [1.82, 2.24) is 0 Å². The number of rotatable bonds is 4. The third kappa shape index (κ3) is 22.5. The first kappa shape index (κ1) is 14.6. The van der Waals surface area contributed by atoms with E-state index in [-0.39, 0.29) is 19.4 Å². The molecule has 0 saturated heterocycles. The van der Waals surface area contributed by atoms with Gasteiger partial charge in [0.2, 0.25) is 0 Å². The maximum Gasteiger partial charge on any atom is 0.325 e. The first-order chi connectivity index (χ1) is 5.47. The molecular formula is C6H17O5P. The summed E-state index contributed by atoms with van der Waals surface area (Å²) in [6, 6.07) is 0. The van der Waals surface area contributed by atoms with E-state index in [1.54, 1.807) is 0 Å². The fourth-order valence-corrected chi connectivity index (χ4v) is 1.09. The lowest BCUT2D eigenvalue weighted by atomic mass is 10.4. The van der Waals surface area contributed by atoms with Crippen LogP contribution in [-0.2, 0) is 4.57 Å². The molecule has 0 radical (unpaired) electrons. The Hall–Kier alpha value is 0.0700. The molecule has 0 aliphatic carbocycles. The Morgan fingerprint density at radius 2 is 1.58 bits per heavy atom. The Bertz CT molecular complexity index is 119. The van der Waals surface area contributed by atoms with Crippen LogP contribution < -0.4 is 0 Å². The van der Waals surface area contributed by atoms with Crippen LogP contribution in [0.25, 0.3) is 0 Å². The van der Waals surface area contributed by atoms with E-state index in [1.165, 1.54) is 0 Å². The maximum atomic E-state index is 10.1. The summed E-state index contributed by atoms with van der Waals surface area (Å²) < 4.78 is 10.1. The Balaban J connectivity index is 0. The number of aliphatic hydroxyl groups excluding tert-OH is 2. The molecule has 76 valence electrons. The molecule has 0 rings (SSSR count). The Labute approximate surface area is 72.2 Å². The Kier molecular flexibility index (Phi) is 11.1. The van der Waals surface area contributed by atoms with Gasteiger partial charge in [0, 0.05) is 6.16 Å². The normalized spacial score (nSPS) is 10.4. The quantitative estimate of drug-likeness (QED) is 0.476. The fraction of sp³-hybridized carbons (Fsp3) is 1.00. The lowest BCUT2D eigenvalue weighted by Crippen LogP contribution is -1.85. The van der Waals surface area contributed by atoms with Gasteiger partial charge in [-0.1, -0.05) is 13.3 Å². The summed E-state index contributed by atoms with van der Waals surface area (Å²) in [4.78, 5) is 16.5. The van der Waals surface area contributed by atoms with Crippen LogP contribution in [0.5, 0.6) is 0 Å². The Morgan fingerprint density at radius 3 is 1.67 bits per heavy atom. The highest BCUT2D eigenvalue weighted by atomic mass is 31.2. The summed E-state index contributed by atoms with van der Waals surface area (Å²) in [5.74, 6) is 0. The van der Waals surface area contributed by atoms with Crippen LogP contribution in [0.15, 0.2) is 0 Å². The van der Waals surface area contributed by atoms with Gasteiger partial charge >= 0.3 is 7.60 Å². The van der Waals surface area contributed by atoms with Crippen LogP contribution in [0.2, 0.25) is 0 Å². The first-order valence-electron chi connectivity index (χ1n) is 3.74. The summed E-state index contributed by atoms with van der Waals surface area (Å²) in [5, 5.41) is 15.2. The standard InChI is InChI=1S/C4H11O3P.C2H6O2/c1-2-3-4-8(5,6)7;3-1-2-4/h2-4H2,1H3,(H2,5,6,7);3-4H,1-2H2. The van der Waals surface area contributed by atoms with Gasteiger partial charge in [-0.25, -0.2) is 0 Å². The highest BCUT2D eigenvalue weighted by molar-refractivity contribution is 7.51. The molecule has 0 saturated carbocycles. The number of unbranched alkanes of at least 4 members (excludes halogenated alkanes) is 1. The van der Waals surface area contributed by atoms with E-state index in [0.717, 1.165) is 6.42 Å². The topological polar surface area (TPSA) is 98.0 Å². The number of aliphatic hydroxyl groups is 2. The molecular weight excluding hydrogens is 183 g/mol. The van der Waals surface area contributed by atoms with E-state index in [9.17, 15) is 4.57 Å². The monoisotopic (exact) mass is 200 g/mol. The molecule has 6 heteroatoms. The van der Waals surface area contributed by atoms with Crippen molar-refractivity contribution >= 4 is 7.60 Å². The van der Waals surface area contributed by atoms with E-state index in [4.69, 9.17) is 20.0 Å². The highest BCUT2D eigenvalue weighted by Crippen LogP contribution is 2.34. The molecule has 0 spiro atoms. The lowest BCUT2D eigenvalue weighted by molar-refractivity contribution is 0.186. The zero-order chi connectivity index (χ0) is 10.0. The van der Waals surface area contributed by atoms with Gasteiger partial charge in [0.25, 0.3) is 0 Å². The first-order valence-corrected chi connectivity index (χ1v) is 5.54. The van der Waals surface area contributed by atoms with E-state index in [0.29, 0.717) is 6.42 Å². The smallest absolute Gasteiger partial charge is 0.325 e. The predicted molar refractivity (Wildman–Crippen MR) is 46.0 cm³/mol. The second-order valence-electron chi connectivity index (χ2n) is 2.19. The minimum Gasteiger partial charge on any atom is -0.394 e. The number of hydrogen-bond donors (Lipinski definition) is 4. The summed E-state index contributed by atoms with van der Waals surface area (Å²) in [7, 11) is -3.68. The minimum absolute atomic E-state index is 0.0312. The van der Waals surface area contributed by atoms with Gasteiger partial charge in [-0.2, -0.15) is 0 Å². The van der Waals surface area contributed by atoms with Crippen molar-refractivity contribution < 1.29 is 24.6 Å². The molecule has 0 aromatic rings. The van der Waals surface area contributed by atoms with Crippen molar-refractivity contribution in [3.8, 4) is 0 Å². The summed E-state index contributed by atoms with van der Waals surface area (Å²) in [6.07, 6.45) is 1.49. The molecule has 0 aliphatic rings. The van der Waals surface area contributed by atoms with Gasteiger partial charge in [0.15, 0.2) is 0 Å². The molecule has 0 aromatic carbocycles. The van der Waals surface area contributed by atoms with E-state index >= 15 is 0 Å². The van der Waals surface area contributed by atoms with Gasteiger partial charge in [0.1, 0.15) is 0 Å². The molecule has 0 heterocycles. The average molecular weight is 200 g/mol. The lowest BCUT2D eigenvalue weighted by Gasteiger charge is -1.98. The minimum atomic E-state index is -3.68. The fourth-order valence-electron chi connectivity index (χ4n) is 0.364. The molecule has 0 bridgehead atoms. The molecule has 0 aliphatic heterocycles. The van der Waals surface area contributed by atoms with E-state index in [1.807, 2.05) is 6.92 Å². The average Bonchev–Trinajstić information content (AvgIpc) is 2.00. The van der Waals surface area contributed by atoms with Crippen molar-refractivity contribution in [1.29, 1.82) is 0 Å². The van der Waals surface area contributed by atoms with Crippen molar-refractivity contribution in [2.45, 2.75) is 19.8 Å². The molecule has 5 nitrogen and oxygen atoms in total. The van der Waals surface area contributed by atoms with Crippen molar-refractivity contribution in [2.24, 2.45) is 0 Å². The van der Waals surface area contributed by atoms with Crippen molar-refractivity contribution in [3.05, 3.63) is 0 Å². The summed E-state index contributed by atoms with van der Waals surface area (Å²) >= 11 is 0. The predicted octanol–water partition coefficient (Wildman–Crippen LogP) is -0.0648. The van der Waals surface area contributed by atoms with Crippen LogP contribution in [0.1, 0.15) is 19.8 Å². The van der Waals surface area contributed by atoms with Gasteiger partial charge in [0.05, 0.1) is 13.2 Å². The number of hydrogen-bond acceptors (Lipinski definition) is 3.